The van der Waals surface area contributed by atoms with Crippen LogP contribution >= 0.6 is 11.6 Å². The summed E-state index contributed by atoms with van der Waals surface area (Å²) in [5.41, 5.74) is 1.54. The smallest absolute Gasteiger partial charge is 0.227 e. The first kappa shape index (κ1) is 17.4. The summed E-state index contributed by atoms with van der Waals surface area (Å²) in [6.07, 6.45) is 4.26. The van der Waals surface area contributed by atoms with E-state index in [0.29, 0.717) is 18.7 Å². The van der Waals surface area contributed by atoms with Crippen molar-refractivity contribution < 1.29 is 14.0 Å². The number of carbonyl (C=O) groups excluding carboxylic acids is 2. The molecule has 1 aromatic heterocycles. The number of nitrogens with zero attached hydrogens (tertiary/aromatic N) is 2. The molecule has 0 aliphatic carbocycles. The Morgan fingerprint density at radius 2 is 2.24 bits per heavy atom. The van der Waals surface area contributed by atoms with Crippen LogP contribution in [0.5, 0.6) is 0 Å². The Balaban J connectivity index is 1.56. The molecule has 0 bridgehead atoms. The van der Waals surface area contributed by atoms with Crippen LogP contribution in [0.1, 0.15) is 12.0 Å². The number of amides is 2. The van der Waals surface area contributed by atoms with Crippen LogP contribution in [-0.4, -0.2) is 29.9 Å². The summed E-state index contributed by atoms with van der Waals surface area (Å²) >= 11 is 5.77. The fraction of sp³-hybridized carbons (Fsp3) is 0.278. The van der Waals surface area contributed by atoms with Crippen LogP contribution in [-0.2, 0) is 16.0 Å². The Morgan fingerprint density at radius 3 is 2.96 bits per heavy atom. The second-order valence-corrected chi connectivity index (χ2v) is 6.31. The van der Waals surface area contributed by atoms with Crippen molar-refractivity contribution in [3.8, 4) is 0 Å². The van der Waals surface area contributed by atoms with Gasteiger partial charge in [0.15, 0.2) is 0 Å². The fourth-order valence-corrected chi connectivity index (χ4v) is 2.98. The summed E-state index contributed by atoms with van der Waals surface area (Å²) in [6, 6.07) is 7.89. The van der Waals surface area contributed by atoms with Crippen molar-refractivity contribution in [3.63, 3.8) is 0 Å². The zero-order chi connectivity index (χ0) is 17.8. The first-order valence-electron chi connectivity index (χ1n) is 7.96. The highest BCUT2D eigenvalue weighted by Crippen LogP contribution is 2.28. The number of nitrogens with one attached hydrogen (secondary N) is 1. The van der Waals surface area contributed by atoms with E-state index in [1.807, 2.05) is 12.1 Å². The highest BCUT2D eigenvalue weighted by atomic mass is 35.5. The molecule has 1 aromatic carbocycles. The summed E-state index contributed by atoms with van der Waals surface area (Å²) < 4.78 is 13.3. The molecule has 1 aliphatic heterocycles. The van der Waals surface area contributed by atoms with Gasteiger partial charge in [-0.2, -0.15) is 0 Å². The van der Waals surface area contributed by atoms with Crippen molar-refractivity contribution in [2.45, 2.75) is 12.8 Å². The molecule has 0 radical (unpaired) electrons. The van der Waals surface area contributed by atoms with Crippen molar-refractivity contribution >= 4 is 29.1 Å². The number of anilines is 1. The molecular formula is C18H17ClFN3O2. The maximum Gasteiger partial charge on any atom is 0.227 e. The van der Waals surface area contributed by atoms with Crippen molar-refractivity contribution in [2.24, 2.45) is 5.92 Å². The standard InChI is InChI=1S/C18H17ClFN3O2/c19-15-9-14(3-4-16(15)20)23-11-13(8-17(23)24)18(25)22-7-5-12-2-1-6-21-10-12/h1-4,6,9-10,13H,5,7-8,11H2,(H,22,25). The molecule has 1 N–H and O–H groups in total. The van der Waals surface area contributed by atoms with Crippen LogP contribution in [0.3, 0.4) is 0 Å². The summed E-state index contributed by atoms with van der Waals surface area (Å²) in [4.78, 5) is 30.0. The Morgan fingerprint density at radius 1 is 1.40 bits per heavy atom. The van der Waals surface area contributed by atoms with Gasteiger partial charge in [0, 0.05) is 37.6 Å². The van der Waals surface area contributed by atoms with Gasteiger partial charge >= 0.3 is 0 Å². The number of pyridine rings is 1. The highest BCUT2D eigenvalue weighted by Gasteiger charge is 2.35. The third-order valence-electron chi connectivity index (χ3n) is 4.15. The molecule has 1 unspecified atom stereocenters. The SMILES string of the molecule is O=C(NCCc1cccnc1)C1CC(=O)N(c2ccc(F)c(Cl)c2)C1. The molecule has 3 rings (SSSR count). The molecular weight excluding hydrogens is 345 g/mol. The van der Waals surface area contributed by atoms with Gasteiger partial charge in [0.05, 0.1) is 10.9 Å². The zero-order valence-corrected chi connectivity index (χ0v) is 14.2. The zero-order valence-electron chi connectivity index (χ0n) is 13.4. The van der Waals surface area contributed by atoms with E-state index in [1.54, 1.807) is 12.4 Å². The van der Waals surface area contributed by atoms with Crippen molar-refractivity contribution in [1.82, 2.24) is 10.3 Å². The minimum absolute atomic E-state index is 0.0466. The van der Waals surface area contributed by atoms with Crippen LogP contribution in [0.2, 0.25) is 5.02 Å². The lowest BCUT2D eigenvalue weighted by atomic mass is 10.1. The number of halogens is 2. The van der Waals surface area contributed by atoms with Crippen molar-refractivity contribution in [1.29, 1.82) is 0 Å². The van der Waals surface area contributed by atoms with E-state index >= 15 is 0 Å². The van der Waals surface area contributed by atoms with Crippen LogP contribution in [0.25, 0.3) is 0 Å². The maximum absolute atomic E-state index is 13.3. The van der Waals surface area contributed by atoms with Crippen LogP contribution in [0.15, 0.2) is 42.7 Å². The van der Waals surface area contributed by atoms with Crippen LogP contribution < -0.4 is 10.2 Å². The molecule has 2 amide bonds. The predicted molar refractivity (Wildman–Crippen MR) is 92.8 cm³/mol. The molecule has 130 valence electrons. The van der Waals surface area contributed by atoms with Crippen molar-refractivity contribution in [3.05, 3.63) is 59.1 Å². The van der Waals surface area contributed by atoms with E-state index in [2.05, 4.69) is 10.3 Å². The first-order chi connectivity index (χ1) is 12.0. The fourth-order valence-electron chi connectivity index (χ4n) is 2.81. The third kappa shape index (κ3) is 4.14. The number of carbonyl (C=O) groups is 2. The Kier molecular flexibility index (Phi) is 5.28. The normalized spacial score (nSPS) is 17.0. The number of hydrogen-bond donors (Lipinski definition) is 1. The molecule has 0 saturated carbocycles. The molecule has 1 saturated heterocycles. The summed E-state index contributed by atoms with van der Waals surface area (Å²) in [5.74, 6) is -1.30. The van der Waals surface area contributed by atoms with Crippen LogP contribution in [0.4, 0.5) is 10.1 Å². The molecule has 7 heteroatoms. The summed E-state index contributed by atoms with van der Waals surface area (Å²) in [7, 11) is 0. The quantitative estimate of drug-likeness (QED) is 0.890. The topological polar surface area (TPSA) is 62.3 Å². The van der Waals surface area contributed by atoms with E-state index in [-0.39, 0.29) is 29.8 Å². The highest BCUT2D eigenvalue weighted by molar-refractivity contribution is 6.31. The Labute approximate surface area is 149 Å². The predicted octanol–water partition coefficient (Wildman–Crippen LogP) is 2.59. The molecule has 5 nitrogen and oxygen atoms in total. The molecule has 0 spiro atoms. The second kappa shape index (κ2) is 7.61. The minimum atomic E-state index is -0.540. The molecule has 2 heterocycles. The first-order valence-corrected chi connectivity index (χ1v) is 8.34. The van der Waals surface area contributed by atoms with Gasteiger partial charge in [-0.1, -0.05) is 17.7 Å². The monoisotopic (exact) mass is 361 g/mol. The van der Waals surface area contributed by atoms with E-state index in [0.717, 1.165) is 5.56 Å². The molecule has 2 aromatic rings. The lowest BCUT2D eigenvalue weighted by Gasteiger charge is -2.17. The minimum Gasteiger partial charge on any atom is -0.355 e. The lowest BCUT2D eigenvalue weighted by molar-refractivity contribution is -0.126. The molecule has 1 fully saturated rings. The Hall–Kier alpha value is -2.47. The molecule has 1 atom stereocenters. The largest absolute Gasteiger partial charge is 0.355 e. The Bertz CT molecular complexity index is 785. The van der Waals surface area contributed by atoms with Gasteiger partial charge in [-0.25, -0.2) is 4.39 Å². The number of hydrogen-bond acceptors (Lipinski definition) is 3. The van der Waals surface area contributed by atoms with Gasteiger partial charge in [-0.3, -0.25) is 14.6 Å². The third-order valence-corrected chi connectivity index (χ3v) is 4.44. The lowest BCUT2D eigenvalue weighted by Crippen LogP contribution is -2.34. The van der Waals surface area contributed by atoms with Gasteiger partial charge in [0.1, 0.15) is 5.82 Å². The average Bonchev–Trinajstić information content (AvgIpc) is 3.00. The van der Waals surface area contributed by atoms with Gasteiger partial charge in [0.2, 0.25) is 11.8 Å². The van der Waals surface area contributed by atoms with Gasteiger partial charge in [-0.05, 0) is 36.2 Å². The molecule has 1 aliphatic rings. The van der Waals surface area contributed by atoms with E-state index in [9.17, 15) is 14.0 Å². The number of aromatic nitrogens is 1. The average molecular weight is 362 g/mol. The number of rotatable bonds is 5. The van der Waals surface area contributed by atoms with E-state index in [4.69, 9.17) is 11.6 Å². The van der Waals surface area contributed by atoms with Gasteiger partial charge in [0.25, 0.3) is 0 Å². The molecule has 25 heavy (non-hydrogen) atoms. The van der Waals surface area contributed by atoms with E-state index in [1.165, 1.54) is 23.1 Å². The second-order valence-electron chi connectivity index (χ2n) is 5.91. The number of benzene rings is 1. The van der Waals surface area contributed by atoms with Crippen LogP contribution in [0, 0.1) is 11.7 Å². The van der Waals surface area contributed by atoms with Gasteiger partial charge < -0.3 is 10.2 Å². The van der Waals surface area contributed by atoms with E-state index < -0.39 is 11.7 Å². The summed E-state index contributed by atoms with van der Waals surface area (Å²) in [5, 5.41) is 2.81. The maximum atomic E-state index is 13.3. The van der Waals surface area contributed by atoms with Crippen molar-refractivity contribution in [2.75, 3.05) is 18.0 Å². The van der Waals surface area contributed by atoms with Gasteiger partial charge in [-0.15, -0.1) is 0 Å². The summed E-state index contributed by atoms with van der Waals surface area (Å²) in [6.45, 7) is 0.747.